The molecule has 0 unspecified atom stereocenters. The first-order valence-corrected chi connectivity index (χ1v) is 11.9. The van der Waals surface area contributed by atoms with E-state index < -0.39 is 17.0 Å². The van der Waals surface area contributed by atoms with Crippen LogP contribution in [0.15, 0.2) is 36.5 Å². The Kier molecular flexibility index (Phi) is 4.75. The van der Waals surface area contributed by atoms with Crippen molar-refractivity contribution in [2.24, 2.45) is 5.41 Å². The van der Waals surface area contributed by atoms with E-state index in [1.54, 1.807) is 6.20 Å². The third-order valence-corrected chi connectivity index (χ3v) is 8.43. The van der Waals surface area contributed by atoms with Gasteiger partial charge in [-0.2, -0.15) is 5.10 Å². The van der Waals surface area contributed by atoms with E-state index in [2.05, 4.69) is 33.9 Å². The molecule has 1 aliphatic heterocycles. The molecule has 1 saturated carbocycles. The molecule has 6 nitrogen and oxygen atoms in total. The highest BCUT2D eigenvalue weighted by Crippen LogP contribution is 2.69. The summed E-state index contributed by atoms with van der Waals surface area (Å²) in [6, 6.07) is 7.63. The average Bonchev–Trinajstić information content (AvgIpc) is 3.21. The fraction of sp³-hybridized carbons (Fsp3) is 0.462. The number of benzene rings is 1. The van der Waals surface area contributed by atoms with Crippen LogP contribution in [0.3, 0.4) is 0 Å². The Morgan fingerprint density at radius 3 is 2.50 bits per heavy atom. The second-order valence-corrected chi connectivity index (χ2v) is 10.3. The Labute approximate surface area is 197 Å². The molecule has 0 radical (unpaired) electrons. The van der Waals surface area contributed by atoms with Gasteiger partial charge in [-0.15, -0.1) is 5.10 Å². The number of halogens is 2. The normalized spacial score (nSPS) is 25.6. The molecule has 1 saturated heterocycles. The minimum atomic E-state index is -0.640. The number of rotatable bonds is 3. The zero-order valence-corrected chi connectivity index (χ0v) is 19.3. The topological polar surface area (TPSA) is 75.0 Å². The molecule has 2 bridgehead atoms. The number of aliphatic hydroxyl groups excluding tert-OH is 1. The molecule has 3 aromatic rings. The highest BCUT2D eigenvalue weighted by Gasteiger charge is 2.65. The molecule has 2 aliphatic carbocycles. The number of nitrogens with zero attached hydrogens (tertiary/aromatic N) is 5. The van der Waals surface area contributed by atoms with E-state index in [1.807, 2.05) is 12.1 Å². The van der Waals surface area contributed by atoms with Gasteiger partial charge in [-0.25, -0.2) is 18.7 Å². The van der Waals surface area contributed by atoms with E-state index >= 15 is 0 Å². The lowest BCUT2D eigenvalue weighted by atomic mass is 9.66. The maximum Gasteiger partial charge on any atom is 0.225 e. The minimum Gasteiger partial charge on any atom is -0.393 e. The van der Waals surface area contributed by atoms with Crippen LogP contribution >= 0.6 is 0 Å². The number of aromatic nitrogens is 4. The summed E-state index contributed by atoms with van der Waals surface area (Å²) in [5.74, 6) is -0.420. The van der Waals surface area contributed by atoms with E-state index in [0.717, 1.165) is 42.9 Å². The van der Waals surface area contributed by atoms with E-state index in [-0.39, 0.29) is 28.7 Å². The zero-order chi connectivity index (χ0) is 23.7. The van der Waals surface area contributed by atoms with Gasteiger partial charge in [-0.3, -0.25) is 0 Å². The largest absolute Gasteiger partial charge is 0.393 e. The first-order valence-electron chi connectivity index (χ1n) is 11.9. The van der Waals surface area contributed by atoms with Gasteiger partial charge < -0.3 is 10.0 Å². The van der Waals surface area contributed by atoms with Crippen LogP contribution in [-0.2, 0) is 5.41 Å². The zero-order valence-electron chi connectivity index (χ0n) is 19.3. The molecular weight excluding hydrogens is 436 g/mol. The van der Waals surface area contributed by atoms with Crippen molar-refractivity contribution < 1.29 is 13.9 Å². The van der Waals surface area contributed by atoms with Gasteiger partial charge in [-0.1, -0.05) is 19.9 Å². The summed E-state index contributed by atoms with van der Waals surface area (Å²) in [6.07, 6.45) is 4.77. The van der Waals surface area contributed by atoms with Crippen molar-refractivity contribution in [2.45, 2.75) is 57.0 Å². The average molecular weight is 464 g/mol. The van der Waals surface area contributed by atoms with Crippen LogP contribution in [0.1, 0.15) is 62.4 Å². The highest BCUT2D eigenvalue weighted by atomic mass is 19.1. The third-order valence-electron chi connectivity index (χ3n) is 8.43. The second kappa shape index (κ2) is 7.50. The van der Waals surface area contributed by atoms with Crippen molar-refractivity contribution in [3.05, 3.63) is 65.1 Å². The number of aliphatic hydroxyl groups is 1. The fourth-order valence-electron chi connectivity index (χ4n) is 6.56. The summed E-state index contributed by atoms with van der Waals surface area (Å²) in [4.78, 5) is 11.7. The fourth-order valence-corrected chi connectivity index (χ4v) is 6.56. The molecule has 6 rings (SSSR count). The quantitative estimate of drug-likeness (QED) is 0.622. The van der Waals surface area contributed by atoms with E-state index in [4.69, 9.17) is 4.98 Å². The number of hydrogen-bond acceptors (Lipinski definition) is 6. The van der Waals surface area contributed by atoms with Gasteiger partial charge in [-0.05, 0) is 66.8 Å². The Bertz CT molecular complexity index is 1250. The Hall–Kier alpha value is -3.00. The Morgan fingerprint density at radius 1 is 1.03 bits per heavy atom. The van der Waals surface area contributed by atoms with Crippen molar-refractivity contribution in [1.82, 2.24) is 20.2 Å². The van der Waals surface area contributed by atoms with Crippen LogP contribution in [0.25, 0.3) is 11.3 Å². The van der Waals surface area contributed by atoms with Crippen LogP contribution in [0.2, 0.25) is 0 Å². The van der Waals surface area contributed by atoms with Gasteiger partial charge in [0.1, 0.15) is 11.6 Å². The smallest absolute Gasteiger partial charge is 0.225 e. The highest BCUT2D eigenvalue weighted by molar-refractivity contribution is 5.64. The summed E-state index contributed by atoms with van der Waals surface area (Å²) < 4.78 is 28.9. The molecule has 0 spiro atoms. The number of anilines is 1. The monoisotopic (exact) mass is 463 g/mol. The molecule has 1 aromatic carbocycles. The van der Waals surface area contributed by atoms with E-state index in [1.165, 1.54) is 18.2 Å². The SMILES string of the molecule is CC1(C)[C@H]2CC[C@@]1(c1ccnc(N3CCC(O)CC3)n1)c1nnc(-c3c(F)cccc3F)cc12. The standard InChI is InChI=1S/C26H27F2N5O/c1-25(2)17-6-10-26(25,21-7-11-29-24(30-21)33-12-8-15(34)9-13-33)23-16(17)14-20(31-32-23)22-18(27)4-3-5-19(22)28/h3-5,7,11,14-15,17,34H,6,8-10,12-13H2,1-2H3/t17-,26+/m0/s1. The van der Waals surface area contributed by atoms with Crippen molar-refractivity contribution in [3.63, 3.8) is 0 Å². The molecule has 2 fully saturated rings. The van der Waals surface area contributed by atoms with Crippen LogP contribution < -0.4 is 4.90 Å². The van der Waals surface area contributed by atoms with Gasteiger partial charge in [0.25, 0.3) is 0 Å². The van der Waals surface area contributed by atoms with E-state index in [9.17, 15) is 13.9 Å². The molecular formula is C26H27F2N5O. The van der Waals surface area contributed by atoms with Gasteiger partial charge >= 0.3 is 0 Å². The lowest BCUT2D eigenvalue weighted by Gasteiger charge is -2.38. The van der Waals surface area contributed by atoms with Crippen LogP contribution in [0, 0.1) is 17.0 Å². The van der Waals surface area contributed by atoms with Gasteiger partial charge in [0.15, 0.2) is 0 Å². The first-order chi connectivity index (χ1) is 16.3. The molecule has 3 aliphatic rings. The molecule has 3 heterocycles. The summed E-state index contributed by atoms with van der Waals surface area (Å²) in [7, 11) is 0. The molecule has 8 heteroatoms. The number of fused-ring (bicyclic) bond motifs is 5. The van der Waals surface area contributed by atoms with Crippen LogP contribution in [0.4, 0.5) is 14.7 Å². The van der Waals surface area contributed by atoms with Crippen molar-refractivity contribution in [2.75, 3.05) is 18.0 Å². The molecule has 0 amide bonds. The van der Waals surface area contributed by atoms with Gasteiger partial charge in [0.05, 0.1) is 34.2 Å². The first kappa shape index (κ1) is 21.5. The summed E-state index contributed by atoms with van der Waals surface area (Å²) >= 11 is 0. The van der Waals surface area contributed by atoms with Gasteiger partial charge in [0.2, 0.25) is 5.95 Å². The van der Waals surface area contributed by atoms with Crippen LogP contribution in [0.5, 0.6) is 0 Å². The molecule has 1 N–H and O–H groups in total. The number of piperidine rings is 1. The Balaban J connectivity index is 1.46. The summed E-state index contributed by atoms with van der Waals surface area (Å²) in [6.45, 7) is 5.90. The van der Waals surface area contributed by atoms with Crippen molar-refractivity contribution in [1.29, 1.82) is 0 Å². The summed E-state index contributed by atoms with van der Waals surface area (Å²) in [5.41, 5.74) is 2.22. The number of hydrogen-bond donors (Lipinski definition) is 1. The lowest BCUT2D eigenvalue weighted by Crippen LogP contribution is -2.40. The molecule has 34 heavy (non-hydrogen) atoms. The van der Waals surface area contributed by atoms with Crippen LogP contribution in [-0.4, -0.2) is 44.5 Å². The van der Waals surface area contributed by atoms with E-state index in [0.29, 0.717) is 18.8 Å². The van der Waals surface area contributed by atoms with Crippen molar-refractivity contribution in [3.8, 4) is 11.3 Å². The predicted octanol–water partition coefficient (Wildman–Crippen LogP) is 4.38. The Morgan fingerprint density at radius 2 is 1.76 bits per heavy atom. The minimum absolute atomic E-state index is 0.135. The lowest BCUT2D eigenvalue weighted by molar-refractivity contribution is 0.145. The summed E-state index contributed by atoms with van der Waals surface area (Å²) in [5, 5.41) is 18.8. The predicted molar refractivity (Wildman–Crippen MR) is 123 cm³/mol. The van der Waals surface area contributed by atoms with Crippen molar-refractivity contribution >= 4 is 5.95 Å². The molecule has 2 atom stereocenters. The molecule has 176 valence electrons. The second-order valence-electron chi connectivity index (χ2n) is 10.3. The molecule has 2 aromatic heterocycles. The maximum absolute atomic E-state index is 14.5. The van der Waals surface area contributed by atoms with Gasteiger partial charge in [0, 0.05) is 19.3 Å². The maximum atomic E-state index is 14.5. The third kappa shape index (κ3) is 2.87.